The monoisotopic (exact) mass is 287 g/mol. The Morgan fingerprint density at radius 3 is 2.48 bits per heavy atom. The maximum atomic E-state index is 13.0. The van der Waals surface area contributed by atoms with E-state index in [1.165, 1.54) is 24.3 Å². The molecule has 0 aliphatic carbocycles. The Morgan fingerprint density at radius 2 is 1.81 bits per heavy atom. The first-order valence-corrected chi connectivity index (χ1v) is 6.24. The van der Waals surface area contributed by atoms with Crippen molar-refractivity contribution in [2.45, 2.75) is 6.54 Å². The molecule has 0 fully saturated rings. The third kappa shape index (κ3) is 4.31. The Labute approximate surface area is 121 Å². The van der Waals surface area contributed by atoms with Gasteiger partial charge in [-0.05, 0) is 42.0 Å². The number of nitrogens with two attached hydrogens (primary N) is 1. The Balaban J connectivity index is 1.87. The largest absolute Gasteiger partial charge is 0.399 e. The van der Waals surface area contributed by atoms with E-state index in [0.717, 1.165) is 0 Å². The van der Waals surface area contributed by atoms with Gasteiger partial charge in [0.1, 0.15) is 5.82 Å². The minimum atomic E-state index is -0.652. The highest BCUT2D eigenvalue weighted by molar-refractivity contribution is 6.04. The van der Waals surface area contributed by atoms with E-state index in [1.54, 1.807) is 24.3 Å². The number of nitrogen functional groups attached to an aromatic ring is 1. The fourth-order valence-corrected chi connectivity index (χ4v) is 1.68. The summed E-state index contributed by atoms with van der Waals surface area (Å²) in [5.74, 6) is -0.917. The van der Waals surface area contributed by atoms with Crippen LogP contribution in [0.2, 0.25) is 0 Å². The van der Waals surface area contributed by atoms with Crippen LogP contribution < -0.4 is 16.4 Å². The molecule has 0 aromatic heterocycles. The van der Waals surface area contributed by atoms with Crippen LogP contribution in [0.1, 0.15) is 15.9 Å². The fourth-order valence-electron chi connectivity index (χ4n) is 1.68. The normalized spacial score (nSPS) is 9.95. The molecule has 0 aliphatic rings. The molecule has 0 bridgehead atoms. The lowest BCUT2D eigenvalue weighted by atomic mass is 10.2. The van der Waals surface area contributed by atoms with Gasteiger partial charge in [-0.15, -0.1) is 0 Å². The van der Waals surface area contributed by atoms with Crippen LogP contribution in [0.3, 0.4) is 0 Å². The van der Waals surface area contributed by atoms with Crippen LogP contribution in [0.15, 0.2) is 48.5 Å². The van der Waals surface area contributed by atoms with E-state index in [-0.39, 0.29) is 12.4 Å². The molecule has 0 saturated heterocycles. The minimum absolute atomic E-state index is 0.124. The zero-order chi connectivity index (χ0) is 15.2. The Bertz CT molecular complexity index is 656. The predicted octanol–water partition coefficient (Wildman–Crippen LogP) is 2.05. The van der Waals surface area contributed by atoms with E-state index < -0.39 is 11.9 Å². The molecule has 0 aliphatic heterocycles. The number of carbonyl (C=O) groups excluding carboxylic acids is 2. The van der Waals surface area contributed by atoms with Gasteiger partial charge in [0.15, 0.2) is 0 Å². The van der Waals surface area contributed by atoms with Crippen molar-refractivity contribution in [1.29, 1.82) is 0 Å². The van der Waals surface area contributed by atoms with Gasteiger partial charge in [0.05, 0.1) is 0 Å². The first-order chi connectivity index (χ1) is 10.0. The van der Waals surface area contributed by atoms with E-state index in [9.17, 15) is 14.0 Å². The number of hydrogen-bond donors (Lipinski definition) is 3. The molecule has 3 amide bonds. The van der Waals surface area contributed by atoms with Crippen LogP contribution in [0.25, 0.3) is 0 Å². The smallest absolute Gasteiger partial charge is 0.321 e. The van der Waals surface area contributed by atoms with Crippen LogP contribution in [0.5, 0.6) is 0 Å². The molecule has 0 spiro atoms. The van der Waals surface area contributed by atoms with Crippen molar-refractivity contribution in [3.05, 3.63) is 65.5 Å². The molecule has 0 atom stereocenters. The lowest BCUT2D eigenvalue weighted by molar-refractivity contribution is 0.0964. The number of benzene rings is 2. The second-order valence-electron chi connectivity index (χ2n) is 4.39. The summed E-state index contributed by atoms with van der Waals surface area (Å²) in [6, 6.07) is 11.4. The van der Waals surface area contributed by atoms with Gasteiger partial charge in [-0.3, -0.25) is 10.1 Å². The standard InChI is InChI=1S/C15H14FN3O2/c16-12-3-1-2-10(8-12)9-18-15(21)19-14(20)11-4-6-13(17)7-5-11/h1-8H,9,17H2,(H2,18,19,20,21). The summed E-state index contributed by atoms with van der Waals surface area (Å²) >= 11 is 0. The second-order valence-corrected chi connectivity index (χ2v) is 4.39. The van der Waals surface area contributed by atoms with E-state index in [2.05, 4.69) is 10.6 Å². The molecule has 21 heavy (non-hydrogen) atoms. The molecule has 4 N–H and O–H groups in total. The maximum absolute atomic E-state index is 13.0. The summed E-state index contributed by atoms with van der Waals surface area (Å²) in [5, 5.41) is 4.65. The van der Waals surface area contributed by atoms with Crippen molar-refractivity contribution in [2.24, 2.45) is 0 Å². The zero-order valence-electron chi connectivity index (χ0n) is 11.1. The molecule has 0 radical (unpaired) electrons. The molecule has 6 heteroatoms. The van der Waals surface area contributed by atoms with Gasteiger partial charge in [-0.25, -0.2) is 9.18 Å². The highest BCUT2D eigenvalue weighted by Gasteiger charge is 2.09. The van der Waals surface area contributed by atoms with Crippen LogP contribution in [-0.2, 0) is 6.54 Å². The molecule has 0 saturated carbocycles. The summed E-state index contributed by atoms with van der Waals surface area (Å²) in [7, 11) is 0. The molecule has 2 rings (SSSR count). The number of carbonyl (C=O) groups is 2. The van der Waals surface area contributed by atoms with Crippen LogP contribution in [0, 0.1) is 5.82 Å². The predicted molar refractivity (Wildman–Crippen MR) is 77.0 cm³/mol. The topological polar surface area (TPSA) is 84.2 Å². The average molecular weight is 287 g/mol. The van der Waals surface area contributed by atoms with Crippen LogP contribution in [0.4, 0.5) is 14.9 Å². The first-order valence-electron chi connectivity index (χ1n) is 6.24. The lowest BCUT2D eigenvalue weighted by Gasteiger charge is -2.07. The summed E-state index contributed by atoms with van der Waals surface area (Å²) in [6.45, 7) is 0.124. The van der Waals surface area contributed by atoms with Gasteiger partial charge in [0.25, 0.3) is 5.91 Å². The van der Waals surface area contributed by atoms with Gasteiger partial charge >= 0.3 is 6.03 Å². The second kappa shape index (κ2) is 6.51. The number of imide groups is 1. The van der Waals surface area contributed by atoms with Crippen molar-refractivity contribution in [3.8, 4) is 0 Å². The van der Waals surface area contributed by atoms with E-state index >= 15 is 0 Å². The molecule has 5 nitrogen and oxygen atoms in total. The van der Waals surface area contributed by atoms with E-state index in [4.69, 9.17) is 5.73 Å². The van der Waals surface area contributed by atoms with Crippen molar-refractivity contribution in [1.82, 2.24) is 10.6 Å². The Hall–Kier alpha value is -2.89. The van der Waals surface area contributed by atoms with Crippen molar-refractivity contribution >= 4 is 17.6 Å². The van der Waals surface area contributed by atoms with Gasteiger partial charge in [0.2, 0.25) is 0 Å². The van der Waals surface area contributed by atoms with Crippen molar-refractivity contribution in [3.63, 3.8) is 0 Å². The minimum Gasteiger partial charge on any atom is -0.399 e. The maximum Gasteiger partial charge on any atom is 0.321 e. The number of halogens is 1. The number of rotatable bonds is 3. The van der Waals surface area contributed by atoms with Crippen molar-refractivity contribution in [2.75, 3.05) is 5.73 Å². The lowest BCUT2D eigenvalue weighted by Crippen LogP contribution is -2.39. The Kier molecular flexibility index (Phi) is 4.50. The van der Waals surface area contributed by atoms with E-state index in [0.29, 0.717) is 16.8 Å². The van der Waals surface area contributed by atoms with Crippen molar-refractivity contribution < 1.29 is 14.0 Å². The first kappa shape index (κ1) is 14.5. The highest BCUT2D eigenvalue weighted by atomic mass is 19.1. The van der Waals surface area contributed by atoms with E-state index in [1.807, 2.05) is 0 Å². The summed E-state index contributed by atoms with van der Waals surface area (Å²) in [6.07, 6.45) is 0. The Morgan fingerprint density at radius 1 is 1.10 bits per heavy atom. The molecule has 2 aromatic carbocycles. The quantitative estimate of drug-likeness (QED) is 0.755. The van der Waals surface area contributed by atoms with Gasteiger partial charge in [-0.2, -0.15) is 0 Å². The van der Waals surface area contributed by atoms with Gasteiger partial charge < -0.3 is 11.1 Å². The number of anilines is 1. The summed E-state index contributed by atoms with van der Waals surface area (Å²) in [4.78, 5) is 23.3. The van der Waals surface area contributed by atoms with Crippen LogP contribution in [-0.4, -0.2) is 11.9 Å². The number of nitrogens with one attached hydrogen (secondary N) is 2. The third-order valence-corrected chi connectivity index (χ3v) is 2.74. The summed E-state index contributed by atoms with van der Waals surface area (Å²) < 4.78 is 13.0. The number of amides is 3. The van der Waals surface area contributed by atoms with Gasteiger partial charge in [-0.1, -0.05) is 12.1 Å². The zero-order valence-corrected chi connectivity index (χ0v) is 11.1. The molecule has 0 unspecified atom stereocenters. The summed E-state index contributed by atoms with van der Waals surface area (Å²) in [5.41, 5.74) is 6.97. The highest BCUT2D eigenvalue weighted by Crippen LogP contribution is 2.05. The SMILES string of the molecule is Nc1ccc(C(=O)NC(=O)NCc2cccc(F)c2)cc1. The molecule has 2 aromatic rings. The number of hydrogen-bond acceptors (Lipinski definition) is 3. The molecule has 0 heterocycles. The average Bonchev–Trinajstić information content (AvgIpc) is 2.46. The van der Waals surface area contributed by atoms with Crippen LogP contribution >= 0.6 is 0 Å². The number of urea groups is 1. The molecular weight excluding hydrogens is 273 g/mol. The van der Waals surface area contributed by atoms with Gasteiger partial charge in [0, 0.05) is 17.8 Å². The third-order valence-electron chi connectivity index (χ3n) is 2.74. The molecule has 108 valence electrons. The molecular formula is C15H14FN3O2. The fraction of sp³-hybridized carbons (Fsp3) is 0.0667.